The van der Waals surface area contributed by atoms with Crippen LogP contribution in [0.15, 0.2) is 0 Å². The highest BCUT2D eigenvalue weighted by Gasteiger charge is 2.37. The van der Waals surface area contributed by atoms with E-state index in [1.807, 2.05) is 0 Å². The summed E-state index contributed by atoms with van der Waals surface area (Å²) in [4.78, 5) is 2.56. The number of ether oxygens (including phenoxy) is 1. The molecule has 1 aliphatic heterocycles. The third-order valence-corrected chi connectivity index (χ3v) is 3.32. The summed E-state index contributed by atoms with van der Waals surface area (Å²) in [6.07, 6.45) is 2.50. The van der Waals surface area contributed by atoms with Crippen LogP contribution in [0.5, 0.6) is 0 Å². The molecule has 0 radical (unpaired) electrons. The molecule has 0 aromatic rings. The van der Waals surface area contributed by atoms with Crippen LogP contribution in [0, 0.1) is 0 Å². The second-order valence-electron chi connectivity index (χ2n) is 8.22. The first-order valence-electron chi connectivity index (χ1n) is 7.67. The fraction of sp³-hybridized carbons (Fsp3) is 1.00. The molecule has 1 heterocycles. The zero-order valence-corrected chi connectivity index (χ0v) is 14.1. The number of hydrogen-bond donors (Lipinski definition) is 1. The van der Waals surface area contributed by atoms with Crippen molar-refractivity contribution in [1.82, 2.24) is 10.2 Å². The second-order valence-corrected chi connectivity index (χ2v) is 8.22. The highest BCUT2D eigenvalue weighted by Crippen LogP contribution is 2.28. The molecular weight excluding hydrogens is 236 g/mol. The highest BCUT2D eigenvalue weighted by atomic mass is 16.5. The molecule has 1 rings (SSSR count). The minimum absolute atomic E-state index is 0.0224. The first-order valence-corrected chi connectivity index (χ1v) is 7.67. The van der Waals surface area contributed by atoms with Crippen LogP contribution in [-0.4, -0.2) is 47.8 Å². The Morgan fingerprint density at radius 1 is 1.00 bits per heavy atom. The Balaban J connectivity index is 2.26. The van der Waals surface area contributed by atoms with Crippen molar-refractivity contribution in [1.29, 1.82) is 0 Å². The predicted molar refractivity (Wildman–Crippen MR) is 82.7 cm³/mol. The van der Waals surface area contributed by atoms with E-state index in [0.717, 1.165) is 19.6 Å². The van der Waals surface area contributed by atoms with Crippen LogP contribution in [0.4, 0.5) is 0 Å². The molecule has 0 atom stereocenters. The molecule has 1 saturated heterocycles. The molecule has 3 nitrogen and oxygen atoms in total. The van der Waals surface area contributed by atoms with Gasteiger partial charge in [-0.15, -0.1) is 0 Å². The van der Waals surface area contributed by atoms with E-state index in [-0.39, 0.29) is 16.7 Å². The molecule has 19 heavy (non-hydrogen) atoms. The van der Waals surface area contributed by atoms with Gasteiger partial charge in [0.05, 0.1) is 11.2 Å². The minimum Gasteiger partial charge on any atom is -0.367 e. The number of hydrogen-bond acceptors (Lipinski definition) is 3. The van der Waals surface area contributed by atoms with E-state index in [4.69, 9.17) is 4.74 Å². The predicted octanol–water partition coefficient (Wildman–Crippen LogP) is 3.04. The van der Waals surface area contributed by atoms with E-state index >= 15 is 0 Å². The van der Waals surface area contributed by atoms with Crippen molar-refractivity contribution in [3.05, 3.63) is 0 Å². The van der Waals surface area contributed by atoms with Gasteiger partial charge in [0.15, 0.2) is 0 Å². The first kappa shape index (κ1) is 16.9. The van der Waals surface area contributed by atoms with Crippen molar-refractivity contribution in [3.8, 4) is 0 Å². The lowest BCUT2D eigenvalue weighted by molar-refractivity contribution is -0.180. The van der Waals surface area contributed by atoms with E-state index < -0.39 is 0 Å². The molecule has 0 aromatic carbocycles. The van der Waals surface area contributed by atoms with Crippen molar-refractivity contribution in [2.24, 2.45) is 0 Å². The van der Waals surface area contributed by atoms with Gasteiger partial charge in [0.1, 0.15) is 0 Å². The van der Waals surface area contributed by atoms with Crippen LogP contribution in [0.25, 0.3) is 0 Å². The summed E-state index contributed by atoms with van der Waals surface area (Å²) in [6, 6.07) is 0. The minimum atomic E-state index is -0.0224. The molecule has 3 heteroatoms. The molecule has 1 aliphatic rings. The Labute approximate surface area is 120 Å². The van der Waals surface area contributed by atoms with Crippen LogP contribution < -0.4 is 5.32 Å². The lowest BCUT2D eigenvalue weighted by Crippen LogP contribution is -2.57. The third kappa shape index (κ3) is 7.28. The number of nitrogens with zero attached hydrogens (tertiary/aromatic N) is 1. The van der Waals surface area contributed by atoms with Crippen LogP contribution in [0.2, 0.25) is 0 Å². The lowest BCUT2D eigenvalue weighted by Gasteiger charge is -2.47. The highest BCUT2D eigenvalue weighted by molar-refractivity contribution is 4.89. The topological polar surface area (TPSA) is 24.5 Å². The summed E-state index contributed by atoms with van der Waals surface area (Å²) < 4.78 is 6.11. The summed E-state index contributed by atoms with van der Waals surface area (Å²) in [5.74, 6) is 0. The van der Waals surface area contributed by atoms with E-state index in [0.29, 0.717) is 0 Å². The molecule has 1 N–H and O–H groups in total. The molecule has 0 spiro atoms. The molecule has 0 aliphatic carbocycles. The number of nitrogens with one attached hydrogen (secondary N) is 1. The average molecular weight is 270 g/mol. The maximum absolute atomic E-state index is 6.11. The van der Waals surface area contributed by atoms with E-state index in [1.165, 1.54) is 19.4 Å². The normalized spacial score (nSPS) is 23.5. The van der Waals surface area contributed by atoms with E-state index in [9.17, 15) is 0 Å². The van der Waals surface area contributed by atoms with Gasteiger partial charge >= 0.3 is 0 Å². The van der Waals surface area contributed by atoms with Crippen molar-refractivity contribution in [2.75, 3.05) is 26.2 Å². The third-order valence-electron chi connectivity index (χ3n) is 3.32. The molecule has 0 bridgehead atoms. The van der Waals surface area contributed by atoms with Crippen LogP contribution in [0.1, 0.15) is 61.3 Å². The van der Waals surface area contributed by atoms with Crippen LogP contribution >= 0.6 is 0 Å². The van der Waals surface area contributed by atoms with E-state index in [2.05, 4.69) is 58.7 Å². The largest absolute Gasteiger partial charge is 0.367 e. The molecule has 0 saturated carbocycles. The van der Waals surface area contributed by atoms with E-state index in [1.54, 1.807) is 0 Å². The molecule has 0 amide bonds. The molecule has 0 unspecified atom stereocenters. The standard InChI is InChI=1S/C16H34N2O/c1-14(2,3)17-10-8-9-11-18-12-15(4,5)19-16(6,7)13-18/h17H,8-13H2,1-7H3. The number of morpholine rings is 1. The van der Waals surface area contributed by atoms with Gasteiger partial charge in [0, 0.05) is 18.6 Å². The van der Waals surface area contributed by atoms with Gasteiger partial charge in [-0.1, -0.05) is 0 Å². The van der Waals surface area contributed by atoms with Gasteiger partial charge in [0.25, 0.3) is 0 Å². The fourth-order valence-electron chi connectivity index (χ4n) is 3.03. The van der Waals surface area contributed by atoms with Crippen molar-refractivity contribution in [2.45, 2.75) is 78.0 Å². The Morgan fingerprint density at radius 2 is 1.53 bits per heavy atom. The van der Waals surface area contributed by atoms with Gasteiger partial charge in [-0.25, -0.2) is 0 Å². The Kier molecular flexibility index (Phi) is 5.44. The van der Waals surface area contributed by atoms with Crippen LogP contribution in [0.3, 0.4) is 0 Å². The summed E-state index contributed by atoms with van der Waals surface area (Å²) in [5.41, 5.74) is 0.194. The lowest BCUT2D eigenvalue weighted by atomic mass is 9.98. The number of rotatable bonds is 5. The summed E-state index contributed by atoms with van der Waals surface area (Å²) in [7, 11) is 0. The Bertz CT molecular complexity index is 263. The second kappa shape index (κ2) is 6.11. The zero-order chi connectivity index (χ0) is 14.7. The Hall–Kier alpha value is -0.120. The van der Waals surface area contributed by atoms with Crippen LogP contribution in [-0.2, 0) is 4.74 Å². The first-order chi connectivity index (χ1) is 8.49. The molecule has 0 aromatic heterocycles. The van der Waals surface area contributed by atoms with Crippen molar-refractivity contribution < 1.29 is 4.74 Å². The van der Waals surface area contributed by atoms with Crippen molar-refractivity contribution >= 4 is 0 Å². The summed E-state index contributed by atoms with van der Waals surface area (Å²) in [5, 5.41) is 3.55. The van der Waals surface area contributed by atoms with Gasteiger partial charge in [-0.05, 0) is 74.4 Å². The quantitative estimate of drug-likeness (QED) is 0.777. The maximum Gasteiger partial charge on any atom is 0.0760 e. The smallest absolute Gasteiger partial charge is 0.0760 e. The summed E-state index contributed by atoms with van der Waals surface area (Å²) >= 11 is 0. The zero-order valence-electron chi connectivity index (χ0n) is 14.1. The molecular formula is C16H34N2O. The summed E-state index contributed by atoms with van der Waals surface area (Å²) in [6.45, 7) is 19.8. The number of unbranched alkanes of at least 4 members (excludes halogenated alkanes) is 1. The SMILES string of the molecule is CC(C)(C)NCCCCN1CC(C)(C)OC(C)(C)C1. The van der Waals surface area contributed by atoms with Crippen molar-refractivity contribution in [3.63, 3.8) is 0 Å². The van der Waals surface area contributed by atoms with Gasteiger partial charge in [-0.2, -0.15) is 0 Å². The molecule has 114 valence electrons. The average Bonchev–Trinajstić information content (AvgIpc) is 2.09. The van der Waals surface area contributed by atoms with Gasteiger partial charge < -0.3 is 10.1 Å². The Morgan fingerprint density at radius 3 is 2.00 bits per heavy atom. The maximum atomic E-state index is 6.11. The molecule has 1 fully saturated rings. The fourth-order valence-corrected chi connectivity index (χ4v) is 3.03. The monoisotopic (exact) mass is 270 g/mol. The van der Waals surface area contributed by atoms with Gasteiger partial charge in [0.2, 0.25) is 0 Å². The van der Waals surface area contributed by atoms with Gasteiger partial charge in [-0.3, -0.25) is 4.90 Å².